The molecule has 0 amide bonds. The van der Waals surface area contributed by atoms with Crippen LogP contribution in [0.1, 0.15) is 32.1 Å². The van der Waals surface area contributed by atoms with E-state index in [9.17, 15) is 18.3 Å². The molecule has 2 fully saturated rings. The smallest absolute Gasteiger partial charge is 0.322 e. The minimum Gasteiger partial charge on any atom is -0.480 e. The Balaban J connectivity index is 2.01. The predicted molar refractivity (Wildman–Crippen MR) is 69.5 cm³/mol. The molecular weight excluding hydrogens is 282 g/mol. The van der Waals surface area contributed by atoms with Gasteiger partial charge in [-0.2, -0.15) is 4.31 Å². The third-order valence-corrected chi connectivity index (χ3v) is 6.29. The molecule has 2 aliphatic rings. The summed E-state index contributed by atoms with van der Waals surface area (Å²) in [7, 11) is -3.80. The van der Waals surface area contributed by atoms with Gasteiger partial charge in [0.15, 0.2) is 0 Å². The largest absolute Gasteiger partial charge is 0.480 e. The highest BCUT2D eigenvalue weighted by Gasteiger charge is 2.51. The van der Waals surface area contributed by atoms with E-state index in [1.807, 2.05) is 0 Å². The first kappa shape index (κ1) is 13.6. The monoisotopic (exact) mass is 299 g/mol. The van der Waals surface area contributed by atoms with Crippen molar-refractivity contribution in [1.82, 2.24) is 4.31 Å². The molecule has 3 unspecified atom stereocenters. The summed E-state index contributed by atoms with van der Waals surface area (Å²) in [6.07, 6.45) is 6.51. The lowest BCUT2D eigenvalue weighted by Crippen LogP contribution is -2.45. The van der Waals surface area contributed by atoms with Crippen molar-refractivity contribution in [2.24, 2.45) is 5.92 Å². The fraction of sp³-hybridized carbons (Fsp3) is 0.615. The maximum absolute atomic E-state index is 12.7. The van der Waals surface area contributed by atoms with Crippen LogP contribution in [0.5, 0.6) is 0 Å². The Labute approximate surface area is 117 Å². The van der Waals surface area contributed by atoms with Crippen LogP contribution < -0.4 is 0 Å². The van der Waals surface area contributed by atoms with Gasteiger partial charge < -0.3 is 9.52 Å². The van der Waals surface area contributed by atoms with E-state index in [1.54, 1.807) is 0 Å². The molecule has 110 valence electrons. The van der Waals surface area contributed by atoms with Gasteiger partial charge in [0, 0.05) is 6.04 Å². The van der Waals surface area contributed by atoms with Crippen LogP contribution in [0.15, 0.2) is 27.9 Å². The van der Waals surface area contributed by atoms with Crippen molar-refractivity contribution in [2.75, 3.05) is 0 Å². The molecule has 2 heterocycles. The second-order valence-electron chi connectivity index (χ2n) is 5.50. The van der Waals surface area contributed by atoms with Gasteiger partial charge in [-0.15, -0.1) is 0 Å². The van der Waals surface area contributed by atoms with E-state index in [4.69, 9.17) is 4.42 Å². The van der Waals surface area contributed by atoms with Gasteiger partial charge in [-0.25, -0.2) is 8.42 Å². The van der Waals surface area contributed by atoms with Crippen molar-refractivity contribution in [3.05, 3.63) is 18.6 Å². The van der Waals surface area contributed by atoms with Crippen LogP contribution in [-0.2, 0) is 14.8 Å². The van der Waals surface area contributed by atoms with Crippen molar-refractivity contribution >= 4 is 16.0 Å². The van der Waals surface area contributed by atoms with Crippen LogP contribution in [0, 0.1) is 5.92 Å². The van der Waals surface area contributed by atoms with E-state index in [-0.39, 0.29) is 16.9 Å². The molecule has 0 spiro atoms. The number of furan rings is 1. The molecule has 20 heavy (non-hydrogen) atoms. The van der Waals surface area contributed by atoms with Crippen LogP contribution >= 0.6 is 0 Å². The summed E-state index contributed by atoms with van der Waals surface area (Å²) < 4.78 is 31.4. The molecular formula is C13H17NO5S. The number of fused-ring (bicyclic) bond motifs is 1. The average molecular weight is 299 g/mol. The van der Waals surface area contributed by atoms with Crippen molar-refractivity contribution in [1.29, 1.82) is 0 Å². The van der Waals surface area contributed by atoms with Gasteiger partial charge in [-0.3, -0.25) is 4.79 Å². The van der Waals surface area contributed by atoms with Gasteiger partial charge in [0.2, 0.25) is 10.0 Å². The van der Waals surface area contributed by atoms with Crippen LogP contribution in [0.2, 0.25) is 0 Å². The van der Waals surface area contributed by atoms with Crippen LogP contribution in [0.4, 0.5) is 0 Å². The first-order chi connectivity index (χ1) is 9.51. The Bertz CT molecular complexity index is 594. The Morgan fingerprint density at radius 2 is 2.10 bits per heavy atom. The highest BCUT2D eigenvalue weighted by molar-refractivity contribution is 7.89. The van der Waals surface area contributed by atoms with Gasteiger partial charge in [0.1, 0.15) is 17.2 Å². The molecule has 6 nitrogen and oxygen atoms in total. The molecule has 1 aliphatic carbocycles. The molecule has 1 aromatic rings. The number of aliphatic carboxylic acids is 1. The lowest BCUT2D eigenvalue weighted by Gasteiger charge is -2.31. The number of carbonyl (C=O) groups is 1. The molecule has 0 bridgehead atoms. The zero-order valence-corrected chi connectivity index (χ0v) is 11.8. The molecule has 3 rings (SSSR count). The molecule has 1 N–H and O–H groups in total. The number of nitrogens with zero attached hydrogens (tertiary/aromatic N) is 1. The van der Waals surface area contributed by atoms with E-state index >= 15 is 0 Å². The summed E-state index contributed by atoms with van der Waals surface area (Å²) >= 11 is 0. The highest BCUT2D eigenvalue weighted by Crippen LogP contribution is 2.42. The Hall–Kier alpha value is -1.34. The van der Waals surface area contributed by atoms with Gasteiger partial charge in [-0.1, -0.05) is 12.8 Å². The summed E-state index contributed by atoms with van der Waals surface area (Å²) in [5, 5.41) is 9.36. The zero-order chi connectivity index (χ0) is 14.3. The zero-order valence-electron chi connectivity index (χ0n) is 10.9. The average Bonchev–Trinajstić information content (AvgIpc) is 3.06. The number of rotatable bonds is 3. The molecule has 1 saturated heterocycles. The van der Waals surface area contributed by atoms with E-state index in [0.29, 0.717) is 6.42 Å². The number of hydrogen-bond acceptors (Lipinski definition) is 4. The summed E-state index contributed by atoms with van der Waals surface area (Å²) in [6, 6.07) is 0.220. The molecule has 0 radical (unpaired) electrons. The number of hydrogen-bond donors (Lipinski definition) is 1. The van der Waals surface area contributed by atoms with Crippen molar-refractivity contribution in [3.8, 4) is 0 Å². The minimum atomic E-state index is -3.80. The molecule has 1 aromatic heterocycles. The lowest BCUT2D eigenvalue weighted by molar-refractivity contribution is -0.141. The summed E-state index contributed by atoms with van der Waals surface area (Å²) in [5.41, 5.74) is 0. The minimum absolute atomic E-state index is 0.0370. The number of carboxylic acid groups (broad SMARTS) is 1. The number of sulfonamides is 1. The van der Waals surface area contributed by atoms with Crippen molar-refractivity contribution in [3.63, 3.8) is 0 Å². The van der Waals surface area contributed by atoms with E-state index in [0.717, 1.165) is 31.9 Å². The maximum atomic E-state index is 12.7. The summed E-state index contributed by atoms with van der Waals surface area (Å²) in [4.78, 5) is 11.5. The van der Waals surface area contributed by atoms with Crippen molar-refractivity contribution < 1.29 is 22.7 Å². The second kappa shape index (κ2) is 4.89. The van der Waals surface area contributed by atoms with Crippen LogP contribution in [0.25, 0.3) is 0 Å². The third kappa shape index (κ3) is 2.05. The fourth-order valence-electron chi connectivity index (χ4n) is 3.50. The first-order valence-corrected chi connectivity index (χ1v) is 8.24. The van der Waals surface area contributed by atoms with E-state index < -0.39 is 22.0 Å². The topological polar surface area (TPSA) is 87.8 Å². The molecule has 7 heteroatoms. The molecule has 1 saturated carbocycles. The predicted octanol–water partition coefficient (Wildman–Crippen LogP) is 1.69. The Morgan fingerprint density at radius 3 is 2.75 bits per heavy atom. The summed E-state index contributed by atoms with van der Waals surface area (Å²) in [6.45, 7) is 0. The fourth-order valence-corrected chi connectivity index (χ4v) is 5.29. The van der Waals surface area contributed by atoms with Gasteiger partial charge >= 0.3 is 5.97 Å². The van der Waals surface area contributed by atoms with Gasteiger partial charge in [0.05, 0.1) is 6.26 Å². The maximum Gasteiger partial charge on any atom is 0.322 e. The van der Waals surface area contributed by atoms with Crippen LogP contribution in [0.3, 0.4) is 0 Å². The number of carboxylic acids is 1. The first-order valence-electron chi connectivity index (χ1n) is 6.80. The normalized spacial score (nSPS) is 31.1. The van der Waals surface area contributed by atoms with Crippen LogP contribution in [-0.4, -0.2) is 35.9 Å². The lowest BCUT2D eigenvalue weighted by atomic mass is 9.85. The Kier molecular flexibility index (Phi) is 3.33. The van der Waals surface area contributed by atoms with Crippen molar-refractivity contribution in [2.45, 2.75) is 49.1 Å². The highest BCUT2D eigenvalue weighted by atomic mass is 32.2. The van der Waals surface area contributed by atoms with Gasteiger partial charge in [-0.05, 0) is 31.2 Å². The quantitative estimate of drug-likeness (QED) is 0.917. The standard InChI is InChI=1S/C13H17NO5S/c15-13(16)12-7-9-3-1-2-4-11(9)14(12)20(17,18)10-5-6-19-8-10/h5-6,8-9,11-12H,1-4,7H2,(H,15,16). The van der Waals surface area contributed by atoms with Gasteiger partial charge in [0.25, 0.3) is 0 Å². The molecule has 3 atom stereocenters. The van der Waals surface area contributed by atoms with E-state index in [2.05, 4.69) is 0 Å². The summed E-state index contributed by atoms with van der Waals surface area (Å²) in [5.74, 6) is -0.905. The second-order valence-corrected chi connectivity index (χ2v) is 7.34. The molecule has 0 aromatic carbocycles. The van der Waals surface area contributed by atoms with E-state index in [1.165, 1.54) is 16.6 Å². The Morgan fingerprint density at radius 1 is 1.35 bits per heavy atom. The molecule has 1 aliphatic heterocycles. The SMILES string of the molecule is O=C(O)C1CC2CCCCC2N1S(=O)(=O)c1ccoc1. The third-order valence-electron chi connectivity index (χ3n) is 4.38.